The zero-order valence-corrected chi connectivity index (χ0v) is 47.5. The fourth-order valence-electron chi connectivity index (χ4n) is 9.03. The van der Waals surface area contributed by atoms with Crippen molar-refractivity contribution >= 4 is 23.9 Å². The van der Waals surface area contributed by atoms with Gasteiger partial charge >= 0.3 is 23.9 Å². The fourth-order valence-corrected chi connectivity index (χ4v) is 9.03. The van der Waals surface area contributed by atoms with Crippen molar-refractivity contribution < 1.29 is 58.2 Å². The summed E-state index contributed by atoms with van der Waals surface area (Å²) in [5.74, 6) is -3.26. The number of hydrogen-bond donors (Lipinski definition) is 3. The Morgan fingerprint density at radius 2 is 0.827 bits per heavy atom. The lowest BCUT2D eigenvalue weighted by Gasteiger charge is -2.40. The second kappa shape index (κ2) is 51.2. The second-order valence-corrected chi connectivity index (χ2v) is 20.6. The Kier molecular flexibility index (Phi) is 47.4. The number of unbranched alkanes of at least 4 members (excludes halogenated alkanes) is 28. The molecule has 0 spiro atoms. The van der Waals surface area contributed by atoms with E-state index in [1.807, 2.05) is 12.2 Å². The van der Waals surface area contributed by atoms with E-state index in [1.165, 1.54) is 141 Å². The third-order valence-electron chi connectivity index (χ3n) is 13.6. The van der Waals surface area contributed by atoms with Gasteiger partial charge in [0.1, 0.15) is 18.8 Å². The van der Waals surface area contributed by atoms with Crippen molar-refractivity contribution in [3.8, 4) is 0 Å². The van der Waals surface area contributed by atoms with E-state index in [0.717, 1.165) is 64.2 Å². The number of carbonyl (C=O) groups excluding carboxylic acids is 3. The molecule has 1 aliphatic rings. The molecular formula is C63H108O12. The van der Waals surface area contributed by atoms with E-state index in [2.05, 4.69) is 57.2 Å². The van der Waals surface area contributed by atoms with Gasteiger partial charge in [-0.2, -0.15) is 0 Å². The van der Waals surface area contributed by atoms with Crippen LogP contribution in [0.1, 0.15) is 265 Å². The van der Waals surface area contributed by atoms with Gasteiger partial charge in [-0.25, -0.2) is 4.79 Å². The van der Waals surface area contributed by atoms with Crippen molar-refractivity contribution in [3.63, 3.8) is 0 Å². The van der Waals surface area contributed by atoms with Crippen molar-refractivity contribution in [3.05, 3.63) is 60.8 Å². The maximum absolute atomic E-state index is 13.1. The van der Waals surface area contributed by atoms with Crippen LogP contribution in [0, 0.1) is 0 Å². The van der Waals surface area contributed by atoms with Crippen molar-refractivity contribution in [2.24, 2.45) is 0 Å². The van der Waals surface area contributed by atoms with Gasteiger partial charge < -0.3 is 39.0 Å². The third kappa shape index (κ3) is 41.2. The number of ether oxygens (including phenoxy) is 5. The number of hydrogen-bond acceptors (Lipinski definition) is 11. The number of allylic oxidation sites excluding steroid dienone is 9. The first kappa shape index (κ1) is 69.4. The minimum atomic E-state index is -1.93. The van der Waals surface area contributed by atoms with Gasteiger partial charge in [0, 0.05) is 12.8 Å². The minimum Gasteiger partial charge on any atom is -0.479 e. The predicted molar refractivity (Wildman–Crippen MR) is 303 cm³/mol. The van der Waals surface area contributed by atoms with E-state index in [0.29, 0.717) is 19.3 Å². The number of rotatable bonds is 51. The summed E-state index contributed by atoms with van der Waals surface area (Å²) in [6.45, 7) is 5.85. The molecule has 0 bridgehead atoms. The molecule has 0 aliphatic carbocycles. The van der Waals surface area contributed by atoms with Gasteiger partial charge in [0.25, 0.3) is 0 Å². The Morgan fingerprint density at radius 3 is 1.23 bits per heavy atom. The Morgan fingerprint density at radius 1 is 0.453 bits per heavy atom. The SMILES string of the molecule is CC/C=C\C/C=C\C/C=C\C/C=C\C/C=C\CC(=O)OC1C(OCC(COC(=O)CCCCCCCCCCCCCCCCCCCCC)OC(=O)CCCCCCCCCCCCC)OC(C(=O)O)C(O)C1O. The van der Waals surface area contributed by atoms with Gasteiger partial charge in [-0.05, 0) is 44.9 Å². The molecule has 0 radical (unpaired) electrons. The first-order valence-corrected chi connectivity index (χ1v) is 30.3. The summed E-state index contributed by atoms with van der Waals surface area (Å²) in [4.78, 5) is 51.0. The van der Waals surface area contributed by atoms with E-state index >= 15 is 0 Å². The molecule has 0 amide bonds. The third-order valence-corrected chi connectivity index (χ3v) is 13.6. The van der Waals surface area contributed by atoms with Crippen LogP contribution in [0.2, 0.25) is 0 Å². The van der Waals surface area contributed by atoms with Crippen molar-refractivity contribution in [2.45, 2.75) is 302 Å². The van der Waals surface area contributed by atoms with E-state index in [-0.39, 0.29) is 25.9 Å². The van der Waals surface area contributed by atoms with Crippen LogP contribution in [-0.4, -0.2) is 89.2 Å². The van der Waals surface area contributed by atoms with Gasteiger partial charge in [0.05, 0.1) is 13.0 Å². The zero-order valence-electron chi connectivity index (χ0n) is 47.5. The summed E-state index contributed by atoms with van der Waals surface area (Å²) in [6.07, 6.45) is 50.9. The van der Waals surface area contributed by atoms with Gasteiger partial charge in [-0.15, -0.1) is 0 Å². The highest BCUT2D eigenvalue weighted by molar-refractivity contribution is 5.74. The Balaban J connectivity index is 2.68. The van der Waals surface area contributed by atoms with E-state index < -0.39 is 67.3 Å². The van der Waals surface area contributed by atoms with Crippen LogP contribution in [0.5, 0.6) is 0 Å². The average Bonchev–Trinajstić information content (AvgIpc) is 3.39. The minimum absolute atomic E-state index is 0.156. The topological polar surface area (TPSA) is 175 Å². The zero-order chi connectivity index (χ0) is 54.7. The molecule has 6 unspecified atom stereocenters. The molecule has 75 heavy (non-hydrogen) atoms. The van der Waals surface area contributed by atoms with Gasteiger partial charge in [-0.3, -0.25) is 14.4 Å². The smallest absolute Gasteiger partial charge is 0.335 e. The molecule has 0 saturated carbocycles. The molecule has 0 aromatic rings. The summed E-state index contributed by atoms with van der Waals surface area (Å²) in [5.41, 5.74) is 0. The van der Waals surface area contributed by atoms with Crippen molar-refractivity contribution in [1.29, 1.82) is 0 Å². The summed E-state index contributed by atoms with van der Waals surface area (Å²) >= 11 is 0. The number of carbonyl (C=O) groups is 4. The first-order chi connectivity index (χ1) is 36.6. The fraction of sp³-hybridized carbons (Fsp3) is 0.778. The number of aliphatic carboxylic acids is 1. The monoisotopic (exact) mass is 1060 g/mol. The Bertz CT molecular complexity index is 1540. The van der Waals surface area contributed by atoms with E-state index in [9.17, 15) is 34.5 Å². The molecule has 6 atom stereocenters. The van der Waals surface area contributed by atoms with Crippen LogP contribution in [0.3, 0.4) is 0 Å². The molecule has 12 nitrogen and oxygen atoms in total. The summed E-state index contributed by atoms with van der Waals surface area (Å²) in [7, 11) is 0. The summed E-state index contributed by atoms with van der Waals surface area (Å²) in [6, 6.07) is 0. The summed E-state index contributed by atoms with van der Waals surface area (Å²) in [5, 5.41) is 31.4. The summed E-state index contributed by atoms with van der Waals surface area (Å²) < 4.78 is 28.3. The van der Waals surface area contributed by atoms with Crippen LogP contribution in [0.4, 0.5) is 0 Å². The molecular weight excluding hydrogens is 949 g/mol. The molecule has 1 fully saturated rings. The number of carboxylic acid groups (broad SMARTS) is 1. The molecule has 432 valence electrons. The number of carboxylic acids is 1. The molecule has 0 aromatic carbocycles. The number of esters is 3. The lowest BCUT2D eigenvalue weighted by molar-refractivity contribution is -0.301. The normalized spacial score (nSPS) is 18.5. The van der Waals surface area contributed by atoms with Crippen LogP contribution < -0.4 is 0 Å². The molecule has 3 N–H and O–H groups in total. The maximum atomic E-state index is 13.1. The maximum Gasteiger partial charge on any atom is 0.335 e. The molecule has 12 heteroatoms. The molecule has 0 aromatic heterocycles. The van der Waals surface area contributed by atoms with Gasteiger partial charge in [0.2, 0.25) is 0 Å². The van der Waals surface area contributed by atoms with Crippen LogP contribution in [-0.2, 0) is 42.9 Å². The van der Waals surface area contributed by atoms with Gasteiger partial charge in [-0.1, -0.05) is 261 Å². The van der Waals surface area contributed by atoms with Crippen LogP contribution >= 0.6 is 0 Å². The number of aliphatic hydroxyl groups is 2. The van der Waals surface area contributed by atoms with Crippen molar-refractivity contribution in [1.82, 2.24) is 0 Å². The Labute approximate surface area is 456 Å². The largest absolute Gasteiger partial charge is 0.479 e. The lowest BCUT2D eigenvalue weighted by Crippen LogP contribution is -2.61. The Hall–Kier alpha value is -3.58. The van der Waals surface area contributed by atoms with E-state index in [1.54, 1.807) is 12.2 Å². The van der Waals surface area contributed by atoms with Gasteiger partial charge in [0.15, 0.2) is 24.6 Å². The van der Waals surface area contributed by atoms with Crippen LogP contribution in [0.15, 0.2) is 60.8 Å². The standard InChI is InChI=1S/C63H108O12/c1-4-7-10-13-16-19-22-24-26-27-28-29-31-32-35-37-40-43-46-49-55(64)71-52-54(73-56(65)50-47-44-41-38-34-21-18-15-12-9-6-3)53-72-63-61(59(68)58(67)60(75-63)62(69)70)74-57(66)51-48-45-42-39-36-33-30-25-23-20-17-14-11-8-5-2/h8,11,17,20,25,30,36,39,45,48,54,58-61,63,67-68H,4-7,9-10,12-16,18-19,21-24,26-29,31-35,37-38,40-44,46-47,49-53H2,1-3H3,(H,69,70)/b11-8-,20-17-,30-25-,39-36-,48-45-. The molecule has 1 saturated heterocycles. The molecule has 1 heterocycles. The average molecular weight is 1060 g/mol. The first-order valence-electron chi connectivity index (χ1n) is 30.3. The number of aliphatic hydroxyl groups excluding tert-OH is 2. The highest BCUT2D eigenvalue weighted by atomic mass is 16.7. The molecule has 1 aliphatic heterocycles. The van der Waals surface area contributed by atoms with E-state index in [4.69, 9.17) is 23.7 Å². The van der Waals surface area contributed by atoms with Crippen molar-refractivity contribution in [2.75, 3.05) is 13.2 Å². The molecule has 1 rings (SSSR count). The highest BCUT2D eigenvalue weighted by Crippen LogP contribution is 2.26. The van der Waals surface area contributed by atoms with Crippen LogP contribution in [0.25, 0.3) is 0 Å². The lowest BCUT2D eigenvalue weighted by atomic mass is 9.98. The quantitative estimate of drug-likeness (QED) is 0.0228. The predicted octanol–water partition coefficient (Wildman–Crippen LogP) is 15.6. The highest BCUT2D eigenvalue weighted by Gasteiger charge is 2.50. The second-order valence-electron chi connectivity index (χ2n) is 20.6.